The number of carbonyl (C=O) groups excluding carboxylic acids is 1. The summed E-state index contributed by atoms with van der Waals surface area (Å²) in [5, 5.41) is 8.35. The Morgan fingerprint density at radius 3 is 2.36 bits per heavy atom. The molecule has 0 fully saturated rings. The normalized spacial score (nSPS) is 17.4. The zero-order valence-electron chi connectivity index (χ0n) is 16.3. The molecule has 7 heteroatoms. The molecule has 2 aromatic rings. The maximum atomic E-state index is 11.1. The van der Waals surface area contributed by atoms with Crippen LogP contribution < -0.4 is 16.2 Å². The number of hydrogen-bond acceptors (Lipinski definition) is 5. The summed E-state index contributed by atoms with van der Waals surface area (Å²) in [5.41, 5.74) is 13.3. The van der Waals surface area contributed by atoms with Gasteiger partial charge in [0.15, 0.2) is 0 Å². The monoisotopic (exact) mass is 416 g/mol. The van der Waals surface area contributed by atoms with Crippen molar-refractivity contribution in [2.75, 3.05) is 18.9 Å². The lowest BCUT2D eigenvalue weighted by Crippen LogP contribution is -2.24. The van der Waals surface area contributed by atoms with Crippen molar-refractivity contribution < 1.29 is 4.79 Å². The molecule has 28 heavy (non-hydrogen) atoms. The Morgan fingerprint density at radius 2 is 1.75 bits per heavy atom. The first kappa shape index (κ1) is 19.8. The van der Waals surface area contributed by atoms with E-state index in [4.69, 9.17) is 10.9 Å². The van der Waals surface area contributed by atoms with Gasteiger partial charge in [-0.2, -0.15) is 0 Å². The topological polar surface area (TPSA) is 84.4 Å². The predicted octanol–water partition coefficient (Wildman–Crippen LogP) is 3.86. The number of anilines is 1. The van der Waals surface area contributed by atoms with Crippen LogP contribution in [0.3, 0.4) is 0 Å². The van der Waals surface area contributed by atoms with E-state index in [0.717, 1.165) is 37.9 Å². The van der Waals surface area contributed by atoms with Crippen molar-refractivity contribution in [1.29, 1.82) is 0 Å². The highest BCUT2D eigenvalue weighted by atomic mass is 32.2. The minimum Gasteiger partial charge on any atom is -0.351 e. The summed E-state index contributed by atoms with van der Waals surface area (Å²) in [6.07, 6.45) is 8.04. The van der Waals surface area contributed by atoms with Crippen molar-refractivity contribution in [3.05, 3.63) is 44.8 Å². The molecule has 0 unspecified atom stereocenters. The third-order valence-electron chi connectivity index (χ3n) is 5.89. The summed E-state index contributed by atoms with van der Waals surface area (Å²) in [7, 11) is 2.16. The van der Waals surface area contributed by atoms with Crippen LogP contribution in [0.25, 0.3) is 0 Å². The van der Waals surface area contributed by atoms with Crippen LogP contribution in [0.15, 0.2) is 16.3 Å². The highest BCUT2D eigenvalue weighted by Crippen LogP contribution is 2.38. The lowest BCUT2D eigenvalue weighted by molar-refractivity contribution is 0.259. The van der Waals surface area contributed by atoms with E-state index in [-0.39, 0.29) is 0 Å². The molecule has 0 saturated heterocycles. The van der Waals surface area contributed by atoms with Gasteiger partial charge in [0.1, 0.15) is 0 Å². The Labute approximate surface area is 175 Å². The largest absolute Gasteiger partial charge is 0.351 e. The summed E-state index contributed by atoms with van der Waals surface area (Å²) in [4.78, 5) is 14.9. The Morgan fingerprint density at radius 1 is 1.07 bits per heavy atom. The van der Waals surface area contributed by atoms with E-state index in [1.807, 2.05) is 11.3 Å². The molecule has 0 atom stereocenters. The second-order valence-corrected chi connectivity index (χ2v) is 9.91. The van der Waals surface area contributed by atoms with Gasteiger partial charge >= 0.3 is 6.03 Å². The molecule has 0 radical (unpaired) electrons. The number of nitrogens with one attached hydrogen (secondary N) is 1. The van der Waals surface area contributed by atoms with Crippen molar-refractivity contribution in [1.82, 2.24) is 4.90 Å². The molecule has 5 nitrogen and oxygen atoms in total. The Hall–Kier alpha value is -1.54. The molecular formula is C21H28N4OS2. The fraction of sp³-hybridized carbons (Fsp3) is 0.476. The number of primary amides is 1. The molecule has 2 aliphatic carbocycles. The quantitative estimate of drug-likeness (QED) is 0.649. The van der Waals surface area contributed by atoms with E-state index < -0.39 is 6.03 Å². The molecule has 0 saturated carbocycles. The maximum absolute atomic E-state index is 11.1. The van der Waals surface area contributed by atoms with Gasteiger partial charge in [-0.3, -0.25) is 5.14 Å². The number of likely N-dealkylation sites (N-methyl/N-ethyl adjacent to an activating group) is 1. The zero-order chi connectivity index (χ0) is 19.7. The van der Waals surface area contributed by atoms with Crippen LogP contribution in [0.2, 0.25) is 0 Å². The summed E-state index contributed by atoms with van der Waals surface area (Å²) >= 11 is 3.20. The van der Waals surface area contributed by atoms with Gasteiger partial charge in [0, 0.05) is 23.7 Å². The molecule has 1 aromatic carbocycles. The van der Waals surface area contributed by atoms with E-state index in [1.54, 1.807) is 0 Å². The van der Waals surface area contributed by atoms with Crippen LogP contribution in [0.4, 0.5) is 10.5 Å². The van der Waals surface area contributed by atoms with Gasteiger partial charge in [-0.25, -0.2) is 4.79 Å². The number of fused-ring (bicyclic) bond motifs is 3. The molecule has 1 aliphatic heterocycles. The van der Waals surface area contributed by atoms with Gasteiger partial charge in [0.05, 0.1) is 4.21 Å². The number of urea groups is 1. The van der Waals surface area contributed by atoms with Crippen LogP contribution in [0.1, 0.15) is 45.5 Å². The molecule has 5 rings (SSSR count). The first-order chi connectivity index (χ1) is 13.5. The van der Waals surface area contributed by atoms with E-state index in [9.17, 15) is 4.79 Å². The first-order valence-electron chi connectivity index (χ1n) is 9.95. The number of nitrogens with two attached hydrogens (primary N) is 2. The summed E-state index contributed by atoms with van der Waals surface area (Å²) < 4.78 is 1.25. The SMILES string of the molecule is CN1CCc2cc(SN)sc2C1.NC(=O)Nc1c2c(cc3c1CCC3)CCC2. The van der Waals surface area contributed by atoms with Crippen molar-refractivity contribution in [3.8, 4) is 0 Å². The Bertz CT molecular complexity index is 861. The zero-order valence-corrected chi connectivity index (χ0v) is 18.0. The fourth-order valence-corrected chi connectivity index (χ4v) is 6.29. The van der Waals surface area contributed by atoms with Crippen LogP contribution >= 0.6 is 23.3 Å². The molecule has 150 valence electrons. The molecule has 2 heterocycles. The van der Waals surface area contributed by atoms with Crippen LogP contribution in [-0.4, -0.2) is 24.5 Å². The Kier molecular flexibility index (Phi) is 5.96. The number of carbonyl (C=O) groups is 1. The summed E-state index contributed by atoms with van der Waals surface area (Å²) in [5.74, 6) is 0. The number of nitrogens with zero attached hydrogens (tertiary/aromatic N) is 1. The van der Waals surface area contributed by atoms with Gasteiger partial charge in [-0.05, 0) is 97.8 Å². The molecular weight excluding hydrogens is 388 g/mol. The van der Waals surface area contributed by atoms with Gasteiger partial charge < -0.3 is 16.0 Å². The van der Waals surface area contributed by atoms with E-state index in [2.05, 4.69) is 29.4 Å². The Balaban J connectivity index is 0.000000143. The molecule has 0 bridgehead atoms. The number of thiophene rings is 1. The molecule has 5 N–H and O–H groups in total. The third kappa shape index (κ3) is 4.08. The highest BCUT2D eigenvalue weighted by molar-refractivity contribution is 7.99. The number of amides is 2. The van der Waals surface area contributed by atoms with Crippen molar-refractivity contribution in [2.45, 2.75) is 55.7 Å². The average molecular weight is 417 g/mol. The number of aryl methyl sites for hydroxylation is 2. The maximum Gasteiger partial charge on any atom is 0.316 e. The van der Waals surface area contributed by atoms with Crippen LogP contribution in [0, 0.1) is 0 Å². The number of rotatable bonds is 2. The van der Waals surface area contributed by atoms with E-state index >= 15 is 0 Å². The molecule has 3 aliphatic rings. The minimum absolute atomic E-state index is 0.436. The lowest BCUT2D eigenvalue weighted by Gasteiger charge is -2.21. The lowest BCUT2D eigenvalue weighted by atomic mass is 9.99. The van der Waals surface area contributed by atoms with Gasteiger partial charge in [-0.1, -0.05) is 6.07 Å². The van der Waals surface area contributed by atoms with Crippen molar-refractivity contribution >= 4 is 35.0 Å². The molecule has 2 amide bonds. The van der Waals surface area contributed by atoms with Crippen LogP contribution in [-0.2, 0) is 38.6 Å². The van der Waals surface area contributed by atoms with Gasteiger partial charge in [0.2, 0.25) is 0 Å². The second kappa shape index (κ2) is 8.45. The van der Waals surface area contributed by atoms with Crippen molar-refractivity contribution in [2.24, 2.45) is 10.9 Å². The fourth-order valence-electron chi connectivity index (χ4n) is 4.57. The first-order valence-corrected chi connectivity index (χ1v) is 11.6. The number of hydrogen-bond donors (Lipinski definition) is 3. The van der Waals surface area contributed by atoms with Gasteiger partial charge in [0.25, 0.3) is 0 Å². The minimum atomic E-state index is -0.436. The standard InChI is InChI=1S/C13H16N2O.C8H12N2S2/c14-13(16)15-12-10-5-1-3-8(10)7-9-4-2-6-11(9)12;1-10-3-2-6-4-8(12-9)11-7(6)5-10/h7H,1-6H2,(H3,14,15,16);4H,2-3,5,9H2,1H3. The summed E-state index contributed by atoms with van der Waals surface area (Å²) in [6.45, 7) is 2.28. The van der Waals surface area contributed by atoms with E-state index in [1.165, 1.54) is 74.7 Å². The smallest absolute Gasteiger partial charge is 0.316 e. The predicted molar refractivity (Wildman–Crippen MR) is 118 cm³/mol. The number of benzene rings is 1. The molecule has 0 spiro atoms. The third-order valence-corrected chi connectivity index (χ3v) is 7.73. The van der Waals surface area contributed by atoms with E-state index in [0.29, 0.717) is 0 Å². The van der Waals surface area contributed by atoms with Crippen LogP contribution in [0.5, 0.6) is 0 Å². The van der Waals surface area contributed by atoms with Crippen molar-refractivity contribution in [3.63, 3.8) is 0 Å². The average Bonchev–Trinajstić information content (AvgIpc) is 3.39. The van der Waals surface area contributed by atoms with Gasteiger partial charge in [-0.15, -0.1) is 11.3 Å². The molecule has 1 aromatic heterocycles. The second-order valence-electron chi connectivity index (χ2n) is 7.84. The highest BCUT2D eigenvalue weighted by Gasteiger charge is 2.24. The summed E-state index contributed by atoms with van der Waals surface area (Å²) in [6, 6.07) is 4.14.